The Hall–Kier alpha value is -0.900. The third-order valence-corrected chi connectivity index (χ3v) is 3.42. The van der Waals surface area contributed by atoms with Gasteiger partial charge in [-0.1, -0.05) is 32.1 Å². The van der Waals surface area contributed by atoms with E-state index < -0.39 is 5.91 Å². The summed E-state index contributed by atoms with van der Waals surface area (Å²) < 4.78 is 0. The van der Waals surface area contributed by atoms with Gasteiger partial charge in [-0.2, -0.15) is 0 Å². The standard InChI is InChI=1S/C11H18N2O2/c14-10-7-9(12-13-11(10)15)6-8-4-2-1-3-5-8/h8-9,12H,1-7H2,(H,13,15). The van der Waals surface area contributed by atoms with E-state index >= 15 is 0 Å². The molecular weight excluding hydrogens is 192 g/mol. The zero-order valence-corrected chi connectivity index (χ0v) is 8.92. The minimum atomic E-state index is -0.491. The summed E-state index contributed by atoms with van der Waals surface area (Å²) in [5.41, 5.74) is 5.36. The summed E-state index contributed by atoms with van der Waals surface area (Å²) in [7, 11) is 0. The summed E-state index contributed by atoms with van der Waals surface area (Å²) in [4.78, 5) is 22.1. The molecule has 1 aliphatic heterocycles. The monoisotopic (exact) mass is 210 g/mol. The lowest BCUT2D eigenvalue weighted by molar-refractivity contribution is -0.141. The Labute approximate surface area is 89.8 Å². The van der Waals surface area contributed by atoms with Crippen molar-refractivity contribution >= 4 is 11.7 Å². The lowest BCUT2D eigenvalue weighted by Gasteiger charge is -2.29. The predicted molar refractivity (Wildman–Crippen MR) is 55.9 cm³/mol. The summed E-state index contributed by atoms with van der Waals surface area (Å²) in [5.74, 6) is -0.0384. The van der Waals surface area contributed by atoms with E-state index in [1.165, 1.54) is 32.1 Å². The Morgan fingerprint density at radius 1 is 1.13 bits per heavy atom. The van der Waals surface area contributed by atoms with Gasteiger partial charge in [0, 0.05) is 12.5 Å². The Bertz CT molecular complexity index is 259. The van der Waals surface area contributed by atoms with Crippen molar-refractivity contribution in [1.82, 2.24) is 10.9 Å². The first-order chi connectivity index (χ1) is 7.25. The fraction of sp³-hybridized carbons (Fsp3) is 0.818. The number of carbonyl (C=O) groups excluding carboxylic acids is 2. The number of hydrogen-bond donors (Lipinski definition) is 2. The normalized spacial score (nSPS) is 28.9. The fourth-order valence-corrected chi connectivity index (χ4v) is 2.57. The van der Waals surface area contributed by atoms with Crippen LogP contribution >= 0.6 is 0 Å². The molecule has 1 saturated carbocycles. The van der Waals surface area contributed by atoms with Crippen LogP contribution in [0.1, 0.15) is 44.9 Å². The molecule has 4 nitrogen and oxygen atoms in total. The number of hydrazine groups is 1. The number of rotatable bonds is 2. The third kappa shape index (κ3) is 2.78. The van der Waals surface area contributed by atoms with Crippen LogP contribution in [0.4, 0.5) is 0 Å². The summed E-state index contributed by atoms with van der Waals surface area (Å²) in [5, 5.41) is 0. The van der Waals surface area contributed by atoms with Crippen LogP contribution in [0.15, 0.2) is 0 Å². The molecule has 84 valence electrons. The smallest absolute Gasteiger partial charge is 0.289 e. The van der Waals surface area contributed by atoms with E-state index in [0.29, 0.717) is 6.42 Å². The minimum Gasteiger partial charge on any atom is -0.289 e. The molecule has 0 spiro atoms. The van der Waals surface area contributed by atoms with Crippen molar-refractivity contribution in [3.05, 3.63) is 0 Å². The SMILES string of the molecule is O=C1CC(CC2CCCCC2)NNC1=O. The van der Waals surface area contributed by atoms with E-state index in [1.807, 2.05) is 0 Å². The maximum absolute atomic E-state index is 11.2. The summed E-state index contributed by atoms with van der Waals surface area (Å²) in [6, 6.07) is 0.151. The van der Waals surface area contributed by atoms with Crippen LogP contribution in [0, 0.1) is 5.92 Å². The highest BCUT2D eigenvalue weighted by Gasteiger charge is 2.27. The molecular formula is C11H18N2O2. The van der Waals surface area contributed by atoms with Gasteiger partial charge in [0.15, 0.2) is 0 Å². The first-order valence-electron chi connectivity index (χ1n) is 5.84. The number of nitrogens with one attached hydrogen (secondary N) is 2. The van der Waals surface area contributed by atoms with E-state index in [-0.39, 0.29) is 11.8 Å². The van der Waals surface area contributed by atoms with Gasteiger partial charge in [-0.25, -0.2) is 5.43 Å². The number of Topliss-reactive ketones (excluding diaryl/α,β-unsaturated/α-hetero) is 1. The first kappa shape index (κ1) is 10.6. The lowest BCUT2D eigenvalue weighted by atomic mass is 9.84. The van der Waals surface area contributed by atoms with Crippen LogP contribution in [0.2, 0.25) is 0 Å². The third-order valence-electron chi connectivity index (χ3n) is 3.42. The molecule has 15 heavy (non-hydrogen) atoms. The second kappa shape index (κ2) is 4.75. The average Bonchev–Trinajstić information content (AvgIpc) is 2.25. The molecule has 0 aromatic heterocycles. The van der Waals surface area contributed by atoms with Gasteiger partial charge >= 0.3 is 5.91 Å². The molecule has 0 radical (unpaired) electrons. The van der Waals surface area contributed by atoms with Gasteiger partial charge in [0.25, 0.3) is 0 Å². The van der Waals surface area contributed by atoms with E-state index in [4.69, 9.17) is 0 Å². The van der Waals surface area contributed by atoms with Crippen molar-refractivity contribution in [3.63, 3.8) is 0 Å². The summed E-state index contributed by atoms with van der Waals surface area (Å²) in [6.07, 6.45) is 7.93. The van der Waals surface area contributed by atoms with Crippen LogP contribution in [-0.2, 0) is 9.59 Å². The molecule has 2 aliphatic rings. The molecule has 0 bridgehead atoms. The van der Waals surface area contributed by atoms with Crippen molar-refractivity contribution in [2.75, 3.05) is 0 Å². The van der Waals surface area contributed by atoms with E-state index in [9.17, 15) is 9.59 Å². The second-order valence-electron chi connectivity index (χ2n) is 4.66. The number of carbonyl (C=O) groups is 2. The van der Waals surface area contributed by atoms with Gasteiger partial charge in [-0.3, -0.25) is 15.0 Å². The Morgan fingerprint density at radius 3 is 2.53 bits per heavy atom. The van der Waals surface area contributed by atoms with Crippen molar-refractivity contribution in [1.29, 1.82) is 0 Å². The molecule has 4 heteroatoms. The van der Waals surface area contributed by atoms with Crippen molar-refractivity contribution < 1.29 is 9.59 Å². The van der Waals surface area contributed by atoms with Gasteiger partial charge in [-0.05, 0) is 12.3 Å². The number of amides is 1. The Balaban J connectivity index is 1.79. The van der Waals surface area contributed by atoms with E-state index in [2.05, 4.69) is 10.9 Å². The molecule has 1 aliphatic carbocycles. The number of hydrogen-bond acceptors (Lipinski definition) is 3. The predicted octanol–water partition coefficient (Wildman–Crippen LogP) is 0.919. The zero-order valence-electron chi connectivity index (χ0n) is 8.92. The maximum atomic E-state index is 11.2. The topological polar surface area (TPSA) is 58.2 Å². The molecule has 0 aromatic rings. The molecule has 1 atom stereocenters. The summed E-state index contributed by atoms with van der Waals surface area (Å²) >= 11 is 0. The molecule has 1 amide bonds. The minimum absolute atomic E-state index is 0.151. The molecule has 2 rings (SSSR count). The number of ketones is 1. The lowest BCUT2D eigenvalue weighted by Crippen LogP contribution is -2.54. The molecule has 2 fully saturated rings. The van der Waals surface area contributed by atoms with Crippen molar-refractivity contribution in [2.45, 2.75) is 51.0 Å². The summed E-state index contributed by atoms with van der Waals surface area (Å²) in [6.45, 7) is 0. The van der Waals surface area contributed by atoms with Crippen molar-refractivity contribution in [3.8, 4) is 0 Å². The molecule has 2 N–H and O–H groups in total. The van der Waals surface area contributed by atoms with E-state index in [1.54, 1.807) is 0 Å². The quantitative estimate of drug-likeness (QED) is 0.666. The maximum Gasteiger partial charge on any atom is 0.301 e. The average molecular weight is 210 g/mol. The molecule has 1 unspecified atom stereocenters. The Kier molecular flexibility index (Phi) is 3.36. The van der Waals surface area contributed by atoms with Crippen LogP contribution in [0.3, 0.4) is 0 Å². The van der Waals surface area contributed by atoms with Gasteiger partial charge in [-0.15, -0.1) is 0 Å². The highest BCUT2D eigenvalue weighted by Crippen LogP contribution is 2.28. The van der Waals surface area contributed by atoms with Crippen LogP contribution in [0.5, 0.6) is 0 Å². The largest absolute Gasteiger partial charge is 0.301 e. The van der Waals surface area contributed by atoms with Gasteiger partial charge in [0.2, 0.25) is 5.78 Å². The van der Waals surface area contributed by atoms with E-state index in [0.717, 1.165) is 12.3 Å². The molecule has 1 heterocycles. The Morgan fingerprint density at radius 2 is 1.87 bits per heavy atom. The van der Waals surface area contributed by atoms with Gasteiger partial charge < -0.3 is 0 Å². The molecule has 0 aromatic carbocycles. The zero-order chi connectivity index (χ0) is 10.7. The first-order valence-corrected chi connectivity index (χ1v) is 5.84. The van der Waals surface area contributed by atoms with Crippen LogP contribution in [0.25, 0.3) is 0 Å². The van der Waals surface area contributed by atoms with Crippen LogP contribution in [-0.4, -0.2) is 17.7 Å². The van der Waals surface area contributed by atoms with Crippen molar-refractivity contribution in [2.24, 2.45) is 5.92 Å². The fourth-order valence-electron chi connectivity index (χ4n) is 2.57. The van der Waals surface area contributed by atoms with Crippen LogP contribution < -0.4 is 10.9 Å². The van der Waals surface area contributed by atoms with Gasteiger partial charge in [0.05, 0.1) is 0 Å². The second-order valence-corrected chi connectivity index (χ2v) is 4.66. The highest BCUT2D eigenvalue weighted by atomic mass is 16.2. The van der Waals surface area contributed by atoms with Gasteiger partial charge in [0.1, 0.15) is 0 Å². The molecule has 1 saturated heterocycles. The highest BCUT2D eigenvalue weighted by molar-refractivity contribution is 6.36.